The Morgan fingerprint density at radius 3 is 2.85 bits per heavy atom. The lowest BCUT2D eigenvalue weighted by atomic mass is 10.0. The third-order valence-corrected chi connectivity index (χ3v) is 4.34. The molecule has 0 saturated heterocycles. The average molecular weight is 269 g/mol. The minimum absolute atomic E-state index is 0.145. The molecule has 2 aliphatic rings. The molecule has 1 heterocycles. The standard InChI is InChI=1S/C14H15N5O/c20-14(11-5-9-4-10(9)6-11)16-12-2-1-3-13(7-12)19-8-15-17-18-19/h1-3,7-11H,4-6H2,(H,16,20). The lowest BCUT2D eigenvalue weighted by molar-refractivity contribution is -0.120. The summed E-state index contributed by atoms with van der Waals surface area (Å²) in [7, 11) is 0. The van der Waals surface area contributed by atoms with E-state index in [2.05, 4.69) is 20.8 Å². The van der Waals surface area contributed by atoms with Gasteiger partial charge in [0.05, 0.1) is 5.69 Å². The number of hydrogen-bond donors (Lipinski definition) is 1. The van der Waals surface area contributed by atoms with Crippen LogP contribution in [0, 0.1) is 17.8 Å². The van der Waals surface area contributed by atoms with Crippen molar-refractivity contribution in [3.63, 3.8) is 0 Å². The summed E-state index contributed by atoms with van der Waals surface area (Å²) in [5, 5.41) is 14.1. The summed E-state index contributed by atoms with van der Waals surface area (Å²) in [5.41, 5.74) is 1.63. The lowest BCUT2D eigenvalue weighted by Gasteiger charge is -2.12. The van der Waals surface area contributed by atoms with Crippen LogP contribution in [-0.2, 0) is 4.79 Å². The van der Waals surface area contributed by atoms with Crippen molar-refractivity contribution in [3.8, 4) is 5.69 Å². The average Bonchev–Trinajstić information content (AvgIpc) is 2.91. The fourth-order valence-corrected chi connectivity index (χ4v) is 3.18. The SMILES string of the molecule is O=C(Nc1cccc(-n2cnnn2)c1)C1CC2CC2C1. The normalized spacial score (nSPS) is 27.1. The second-order valence-corrected chi connectivity index (χ2v) is 5.72. The zero-order valence-corrected chi connectivity index (χ0v) is 10.9. The van der Waals surface area contributed by atoms with Gasteiger partial charge in [0.25, 0.3) is 0 Å². The number of tetrazole rings is 1. The Bertz CT molecular complexity index is 629. The number of nitrogens with zero attached hydrogens (tertiary/aromatic N) is 4. The van der Waals surface area contributed by atoms with Gasteiger partial charge in [-0.2, -0.15) is 0 Å². The van der Waals surface area contributed by atoms with Crippen molar-refractivity contribution in [2.45, 2.75) is 19.3 Å². The number of rotatable bonds is 3. The molecule has 2 aromatic rings. The molecule has 4 rings (SSSR count). The number of carbonyl (C=O) groups is 1. The smallest absolute Gasteiger partial charge is 0.227 e. The van der Waals surface area contributed by atoms with E-state index in [0.29, 0.717) is 0 Å². The zero-order chi connectivity index (χ0) is 13.5. The van der Waals surface area contributed by atoms with Gasteiger partial charge in [-0.1, -0.05) is 6.07 Å². The molecular weight excluding hydrogens is 254 g/mol. The summed E-state index contributed by atoms with van der Waals surface area (Å²) in [4.78, 5) is 12.2. The number of hydrogen-bond acceptors (Lipinski definition) is 4. The van der Waals surface area contributed by atoms with E-state index in [1.54, 1.807) is 4.68 Å². The van der Waals surface area contributed by atoms with Crippen molar-refractivity contribution in [1.82, 2.24) is 20.2 Å². The number of amides is 1. The van der Waals surface area contributed by atoms with Crippen LogP contribution in [0.25, 0.3) is 5.69 Å². The van der Waals surface area contributed by atoms with Gasteiger partial charge >= 0.3 is 0 Å². The maximum Gasteiger partial charge on any atom is 0.227 e. The maximum absolute atomic E-state index is 12.2. The fraction of sp³-hybridized carbons (Fsp3) is 0.429. The first-order valence-corrected chi connectivity index (χ1v) is 6.94. The number of carbonyl (C=O) groups excluding carboxylic acids is 1. The monoisotopic (exact) mass is 269 g/mol. The predicted octanol–water partition coefficient (Wildman–Crippen LogP) is 1.65. The summed E-state index contributed by atoms with van der Waals surface area (Å²) in [6, 6.07) is 7.56. The highest BCUT2D eigenvalue weighted by Gasteiger charge is 2.47. The first kappa shape index (κ1) is 11.6. The number of benzene rings is 1. The summed E-state index contributed by atoms with van der Waals surface area (Å²) in [5.74, 6) is 1.97. The summed E-state index contributed by atoms with van der Waals surface area (Å²) in [6.07, 6.45) is 4.98. The molecule has 2 aliphatic carbocycles. The largest absolute Gasteiger partial charge is 0.326 e. The van der Waals surface area contributed by atoms with Gasteiger partial charge in [0.2, 0.25) is 5.91 Å². The quantitative estimate of drug-likeness (QED) is 0.919. The Balaban J connectivity index is 1.48. The number of nitrogens with one attached hydrogen (secondary N) is 1. The van der Waals surface area contributed by atoms with Gasteiger partial charge in [0, 0.05) is 11.6 Å². The molecular formula is C14H15N5O. The van der Waals surface area contributed by atoms with Gasteiger partial charge in [-0.15, -0.1) is 5.10 Å². The highest BCUT2D eigenvalue weighted by Crippen LogP contribution is 2.54. The van der Waals surface area contributed by atoms with Gasteiger partial charge in [-0.25, -0.2) is 4.68 Å². The molecule has 20 heavy (non-hydrogen) atoms. The van der Waals surface area contributed by atoms with Gasteiger partial charge in [-0.3, -0.25) is 4.79 Å². The molecule has 6 nitrogen and oxygen atoms in total. The highest BCUT2D eigenvalue weighted by atomic mass is 16.1. The number of fused-ring (bicyclic) bond motifs is 1. The third kappa shape index (κ3) is 2.07. The molecule has 1 N–H and O–H groups in total. The maximum atomic E-state index is 12.2. The molecule has 1 aromatic carbocycles. The Morgan fingerprint density at radius 1 is 1.25 bits per heavy atom. The summed E-state index contributed by atoms with van der Waals surface area (Å²) in [6.45, 7) is 0. The molecule has 102 valence electrons. The van der Waals surface area contributed by atoms with Crippen LogP contribution in [0.1, 0.15) is 19.3 Å². The van der Waals surface area contributed by atoms with Crippen LogP contribution < -0.4 is 5.32 Å². The number of aromatic nitrogens is 4. The Labute approximate surface area is 116 Å². The Hall–Kier alpha value is -2.24. The van der Waals surface area contributed by atoms with Gasteiger partial charge in [0.1, 0.15) is 6.33 Å². The van der Waals surface area contributed by atoms with E-state index in [0.717, 1.165) is 36.1 Å². The minimum Gasteiger partial charge on any atom is -0.326 e. The highest BCUT2D eigenvalue weighted by molar-refractivity contribution is 5.93. The second-order valence-electron chi connectivity index (χ2n) is 5.72. The van der Waals surface area contributed by atoms with Crippen LogP contribution in [0.5, 0.6) is 0 Å². The molecule has 1 amide bonds. The van der Waals surface area contributed by atoms with E-state index in [1.165, 1.54) is 12.7 Å². The van der Waals surface area contributed by atoms with Crippen molar-refractivity contribution in [3.05, 3.63) is 30.6 Å². The van der Waals surface area contributed by atoms with Gasteiger partial charge in [0.15, 0.2) is 0 Å². The van der Waals surface area contributed by atoms with E-state index < -0.39 is 0 Å². The van der Waals surface area contributed by atoms with Crippen molar-refractivity contribution in [2.75, 3.05) is 5.32 Å². The fourth-order valence-electron chi connectivity index (χ4n) is 3.18. The number of anilines is 1. The molecule has 2 unspecified atom stereocenters. The van der Waals surface area contributed by atoms with Crippen molar-refractivity contribution < 1.29 is 4.79 Å². The van der Waals surface area contributed by atoms with Crippen LogP contribution in [0.2, 0.25) is 0 Å². The van der Waals surface area contributed by atoms with Crippen LogP contribution in [0.4, 0.5) is 5.69 Å². The molecule has 2 fully saturated rings. The van der Waals surface area contributed by atoms with E-state index in [4.69, 9.17) is 0 Å². The molecule has 0 aliphatic heterocycles. The first-order chi connectivity index (χ1) is 9.79. The zero-order valence-electron chi connectivity index (χ0n) is 10.9. The third-order valence-electron chi connectivity index (χ3n) is 4.34. The lowest BCUT2D eigenvalue weighted by Crippen LogP contribution is -2.21. The van der Waals surface area contributed by atoms with E-state index >= 15 is 0 Å². The van der Waals surface area contributed by atoms with E-state index in [9.17, 15) is 4.79 Å². The Kier molecular flexibility index (Phi) is 2.55. The van der Waals surface area contributed by atoms with Gasteiger partial charge in [-0.05, 0) is 59.7 Å². The van der Waals surface area contributed by atoms with Crippen LogP contribution >= 0.6 is 0 Å². The van der Waals surface area contributed by atoms with E-state index in [1.807, 2.05) is 24.3 Å². The molecule has 6 heteroatoms. The topological polar surface area (TPSA) is 72.7 Å². The molecule has 1 aromatic heterocycles. The Morgan fingerprint density at radius 2 is 2.10 bits per heavy atom. The summed E-state index contributed by atoms with van der Waals surface area (Å²) >= 11 is 0. The van der Waals surface area contributed by atoms with Gasteiger partial charge < -0.3 is 5.32 Å². The molecule has 2 atom stereocenters. The van der Waals surface area contributed by atoms with E-state index in [-0.39, 0.29) is 11.8 Å². The molecule has 0 bridgehead atoms. The van der Waals surface area contributed by atoms with Crippen molar-refractivity contribution >= 4 is 11.6 Å². The first-order valence-electron chi connectivity index (χ1n) is 6.94. The molecule has 0 spiro atoms. The van der Waals surface area contributed by atoms with Crippen LogP contribution in [0.3, 0.4) is 0 Å². The summed E-state index contributed by atoms with van der Waals surface area (Å²) < 4.78 is 1.57. The van der Waals surface area contributed by atoms with Crippen molar-refractivity contribution in [2.24, 2.45) is 17.8 Å². The van der Waals surface area contributed by atoms with Crippen LogP contribution in [-0.4, -0.2) is 26.1 Å². The molecule has 0 radical (unpaired) electrons. The van der Waals surface area contributed by atoms with Crippen LogP contribution in [0.15, 0.2) is 30.6 Å². The minimum atomic E-state index is 0.145. The van der Waals surface area contributed by atoms with Crippen molar-refractivity contribution in [1.29, 1.82) is 0 Å². The predicted molar refractivity (Wildman–Crippen MR) is 72.1 cm³/mol. The second kappa shape index (κ2) is 4.40. The molecule has 2 saturated carbocycles.